The fourth-order valence-electron chi connectivity index (χ4n) is 3.33. The summed E-state index contributed by atoms with van der Waals surface area (Å²) in [7, 11) is 0. The Morgan fingerprint density at radius 1 is 1.17 bits per heavy atom. The molecule has 30 heavy (non-hydrogen) atoms. The van der Waals surface area contributed by atoms with Crippen LogP contribution in [0.4, 0.5) is 16.2 Å². The fraction of sp³-hybridized carbons (Fsp3) is 0.524. The molecule has 0 bridgehead atoms. The molecule has 9 nitrogen and oxygen atoms in total. The van der Waals surface area contributed by atoms with Gasteiger partial charge in [-0.05, 0) is 51.8 Å². The number of nitrogens with one attached hydrogen (secondary N) is 1. The van der Waals surface area contributed by atoms with Gasteiger partial charge in [0.25, 0.3) is 0 Å². The predicted octanol–water partition coefficient (Wildman–Crippen LogP) is 2.55. The first kappa shape index (κ1) is 21.6. The number of anilines is 2. The number of esters is 1. The Kier molecular flexibility index (Phi) is 6.28. The highest BCUT2D eigenvalue weighted by Gasteiger charge is 2.30. The number of nitrogens with zero attached hydrogens (tertiary/aromatic N) is 3. The number of hydrogen-bond acceptors (Lipinski definition) is 7. The van der Waals surface area contributed by atoms with E-state index in [-0.39, 0.29) is 18.9 Å². The maximum Gasteiger partial charge on any atom is 0.417 e. The van der Waals surface area contributed by atoms with Crippen LogP contribution < -0.4 is 10.2 Å². The van der Waals surface area contributed by atoms with Gasteiger partial charge in [-0.15, -0.1) is 0 Å². The third kappa shape index (κ3) is 5.08. The van der Waals surface area contributed by atoms with Crippen molar-refractivity contribution < 1.29 is 23.9 Å². The Balaban J connectivity index is 1.71. The standard InChI is InChI=1S/C21H28N4O5/c1-5-29-18(27)13-17(26)24-10-8-14-6-7-15(12-16(14)24)23-19-22-9-11-25(19)20(28)30-21(2,3)4/h6-7,12H,5,8-11,13H2,1-4H3,(H,22,23). The number of ether oxygens (including phenoxy) is 2. The molecule has 0 unspecified atom stereocenters. The first-order valence-electron chi connectivity index (χ1n) is 10.1. The van der Waals surface area contributed by atoms with Gasteiger partial charge in [0.1, 0.15) is 12.0 Å². The zero-order valence-electron chi connectivity index (χ0n) is 17.9. The fourth-order valence-corrected chi connectivity index (χ4v) is 3.33. The van der Waals surface area contributed by atoms with E-state index in [0.29, 0.717) is 31.3 Å². The zero-order valence-corrected chi connectivity index (χ0v) is 17.9. The van der Waals surface area contributed by atoms with Crippen molar-refractivity contribution in [2.24, 2.45) is 4.99 Å². The molecule has 0 saturated heterocycles. The summed E-state index contributed by atoms with van der Waals surface area (Å²) in [6, 6.07) is 5.65. The predicted molar refractivity (Wildman–Crippen MR) is 113 cm³/mol. The summed E-state index contributed by atoms with van der Waals surface area (Å²) in [5.41, 5.74) is 1.86. The third-order valence-electron chi connectivity index (χ3n) is 4.59. The maximum atomic E-state index is 12.5. The van der Waals surface area contributed by atoms with Gasteiger partial charge in [-0.25, -0.2) is 9.69 Å². The molecule has 2 heterocycles. The molecule has 1 aromatic carbocycles. The minimum absolute atomic E-state index is 0.243. The minimum Gasteiger partial charge on any atom is -0.466 e. The molecular weight excluding hydrogens is 388 g/mol. The number of benzene rings is 1. The van der Waals surface area contributed by atoms with Crippen LogP contribution >= 0.6 is 0 Å². The van der Waals surface area contributed by atoms with Crippen LogP contribution in [-0.4, -0.2) is 60.7 Å². The second kappa shape index (κ2) is 8.73. The van der Waals surface area contributed by atoms with E-state index in [2.05, 4.69) is 10.3 Å². The zero-order chi connectivity index (χ0) is 21.9. The van der Waals surface area contributed by atoms with Crippen LogP contribution in [-0.2, 0) is 25.5 Å². The van der Waals surface area contributed by atoms with E-state index in [1.165, 1.54) is 4.90 Å². The number of fused-ring (bicyclic) bond motifs is 1. The van der Waals surface area contributed by atoms with Gasteiger partial charge in [-0.3, -0.25) is 14.6 Å². The molecule has 3 rings (SSSR count). The Bertz CT molecular complexity index is 875. The molecule has 0 radical (unpaired) electrons. The lowest BCUT2D eigenvalue weighted by atomic mass is 10.1. The summed E-state index contributed by atoms with van der Waals surface area (Å²) in [6.07, 6.45) is -0.0298. The first-order chi connectivity index (χ1) is 14.2. The number of carbonyl (C=O) groups excluding carboxylic acids is 3. The van der Waals surface area contributed by atoms with Gasteiger partial charge < -0.3 is 19.7 Å². The average Bonchev–Trinajstić information content (AvgIpc) is 3.27. The van der Waals surface area contributed by atoms with Gasteiger partial charge in [0.15, 0.2) is 0 Å². The summed E-state index contributed by atoms with van der Waals surface area (Å²) < 4.78 is 10.3. The Morgan fingerprint density at radius 3 is 2.63 bits per heavy atom. The van der Waals surface area contributed by atoms with Gasteiger partial charge >= 0.3 is 12.1 Å². The van der Waals surface area contributed by atoms with Crippen molar-refractivity contribution in [1.82, 2.24) is 4.90 Å². The summed E-state index contributed by atoms with van der Waals surface area (Å²) in [6.45, 7) is 8.82. The summed E-state index contributed by atoms with van der Waals surface area (Å²) in [5.74, 6) is -0.414. The van der Waals surface area contributed by atoms with E-state index in [9.17, 15) is 14.4 Å². The molecule has 2 aliphatic rings. The van der Waals surface area contributed by atoms with Crippen molar-refractivity contribution in [3.05, 3.63) is 23.8 Å². The van der Waals surface area contributed by atoms with Gasteiger partial charge in [-0.2, -0.15) is 0 Å². The smallest absolute Gasteiger partial charge is 0.417 e. The molecule has 2 amide bonds. The molecule has 0 spiro atoms. The van der Waals surface area contributed by atoms with E-state index < -0.39 is 17.7 Å². The SMILES string of the molecule is CCOC(=O)CC(=O)N1CCc2ccc(NC3=NCCN3C(=O)OC(C)(C)C)cc21. The van der Waals surface area contributed by atoms with E-state index in [1.54, 1.807) is 11.8 Å². The number of carbonyl (C=O) groups is 3. The molecule has 0 aromatic heterocycles. The molecule has 1 N–H and O–H groups in total. The van der Waals surface area contributed by atoms with Gasteiger partial charge in [0, 0.05) is 17.9 Å². The molecule has 2 aliphatic heterocycles. The molecule has 0 aliphatic carbocycles. The molecule has 0 atom stereocenters. The van der Waals surface area contributed by atoms with Crippen LogP contribution in [0.2, 0.25) is 0 Å². The van der Waals surface area contributed by atoms with Crippen molar-refractivity contribution in [2.45, 2.75) is 46.1 Å². The van der Waals surface area contributed by atoms with E-state index in [4.69, 9.17) is 9.47 Å². The Hall–Kier alpha value is -3.10. The highest BCUT2D eigenvalue weighted by Crippen LogP contribution is 2.31. The van der Waals surface area contributed by atoms with Crippen LogP contribution in [0.15, 0.2) is 23.2 Å². The van der Waals surface area contributed by atoms with Crippen molar-refractivity contribution in [1.29, 1.82) is 0 Å². The lowest BCUT2D eigenvalue weighted by molar-refractivity contribution is -0.145. The molecule has 162 valence electrons. The monoisotopic (exact) mass is 416 g/mol. The second-order valence-corrected chi connectivity index (χ2v) is 8.08. The lowest BCUT2D eigenvalue weighted by Gasteiger charge is -2.25. The lowest BCUT2D eigenvalue weighted by Crippen LogP contribution is -2.41. The highest BCUT2D eigenvalue weighted by molar-refractivity contribution is 6.06. The normalized spacial score (nSPS) is 15.5. The molecule has 1 aromatic rings. The van der Waals surface area contributed by atoms with Crippen LogP contribution in [0.25, 0.3) is 0 Å². The number of aliphatic imine (C=N–C) groups is 1. The quantitative estimate of drug-likeness (QED) is 0.598. The third-order valence-corrected chi connectivity index (χ3v) is 4.59. The number of amides is 2. The molecule has 0 saturated carbocycles. The number of hydrogen-bond donors (Lipinski definition) is 1. The first-order valence-corrected chi connectivity index (χ1v) is 10.1. The van der Waals surface area contributed by atoms with E-state index in [1.807, 2.05) is 39.0 Å². The topological polar surface area (TPSA) is 101 Å². The van der Waals surface area contributed by atoms with Crippen molar-refractivity contribution in [3.63, 3.8) is 0 Å². The number of guanidine groups is 1. The largest absolute Gasteiger partial charge is 0.466 e. The maximum absolute atomic E-state index is 12.5. The van der Waals surface area contributed by atoms with Crippen LogP contribution in [0, 0.1) is 0 Å². The second-order valence-electron chi connectivity index (χ2n) is 8.08. The minimum atomic E-state index is -0.599. The molecule has 0 fully saturated rings. The van der Waals surface area contributed by atoms with E-state index >= 15 is 0 Å². The summed E-state index contributed by atoms with van der Waals surface area (Å²) >= 11 is 0. The van der Waals surface area contributed by atoms with Gasteiger partial charge in [-0.1, -0.05) is 6.07 Å². The summed E-state index contributed by atoms with van der Waals surface area (Å²) in [5, 5.41) is 3.15. The van der Waals surface area contributed by atoms with Gasteiger partial charge in [0.05, 0.1) is 19.7 Å². The van der Waals surface area contributed by atoms with Crippen LogP contribution in [0.3, 0.4) is 0 Å². The van der Waals surface area contributed by atoms with E-state index in [0.717, 1.165) is 17.7 Å². The molecular formula is C21H28N4O5. The van der Waals surface area contributed by atoms with Crippen LogP contribution in [0.5, 0.6) is 0 Å². The van der Waals surface area contributed by atoms with Crippen molar-refractivity contribution >= 4 is 35.3 Å². The highest BCUT2D eigenvalue weighted by atomic mass is 16.6. The summed E-state index contributed by atoms with van der Waals surface area (Å²) in [4.78, 5) is 44.1. The Labute approximate surface area is 176 Å². The molecule has 9 heteroatoms. The number of rotatable bonds is 4. The average molecular weight is 416 g/mol. The van der Waals surface area contributed by atoms with Gasteiger partial charge in [0.2, 0.25) is 11.9 Å². The van der Waals surface area contributed by atoms with Crippen molar-refractivity contribution in [3.8, 4) is 0 Å². The Morgan fingerprint density at radius 2 is 1.93 bits per heavy atom. The van der Waals surface area contributed by atoms with Crippen LogP contribution in [0.1, 0.15) is 39.7 Å². The van der Waals surface area contributed by atoms with Crippen molar-refractivity contribution in [2.75, 3.05) is 36.5 Å².